The molecule has 31 heavy (non-hydrogen) atoms. The van der Waals surface area contributed by atoms with E-state index in [1.807, 2.05) is 19.1 Å². The second-order valence-corrected chi connectivity index (χ2v) is 9.46. The molecule has 8 heteroatoms. The lowest BCUT2D eigenvalue weighted by Gasteiger charge is -2.14. The number of hydrogen-bond acceptors (Lipinski definition) is 6. The molecule has 0 spiro atoms. The first-order valence-electron chi connectivity index (χ1n) is 11.0. The van der Waals surface area contributed by atoms with Gasteiger partial charge >= 0.3 is 0 Å². The van der Waals surface area contributed by atoms with Gasteiger partial charge in [-0.1, -0.05) is 69.6 Å². The SMILES string of the molecule is CCCCCCCN1C(=O)/C(=C\c2c(NCCC)nc3ccc(C)cn3c2=O)SC1=S. The Morgan fingerprint density at radius 1 is 1.13 bits per heavy atom. The van der Waals surface area contributed by atoms with Crippen molar-refractivity contribution in [3.8, 4) is 0 Å². The van der Waals surface area contributed by atoms with Gasteiger partial charge in [0.05, 0.1) is 10.5 Å². The highest BCUT2D eigenvalue weighted by atomic mass is 32.2. The third-order valence-corrected chi connectivity index (χ3v) is 6.56. The van der Waals surface area contributed by atoms with E-state index in [-0.39, 0.29) is 11.5 Å². The minimum absolute atomic E-state index is 0.124. The van der Waals surface area contributed by atoms with Crippen molar-refractivity contribution in [1.29, 1.82) is 0 Å². The lowest BCUT2D eigenvalue weighted by Crippen LogP contribution is -2.29. The van der Waals surface area contributed by atoms with Gasteiger partial charge in [0.15, 0.2) is 0 Å². The lowest BCUT2D eigenvalue weighted by molar-refractivity contribution is -0.122. The average Bonchev–Trinajstić information content (AvgIpc) is 3.02. The Labute approximate surface area is 193 Å². The third kappa shape index (κ3) is 5.54. The second-order valence-electron chi connectivity index (χ2n) is 7.79. The van der Waals surface area contributed by atoms with Crippen molar-refractivity contribution in [2.45, 2.75) is 59.3 Å². The molecule has 0 atom stereocenters. The molecule has 1 aliphatic heterocycles. The van der Waals surface area contributed by atoms with Crippen molar-refractivity contribution >= 4 is 51.7 Å². The Kier molecular flexibility index (Phi) is 8.26. The summed E-state index contributed by atoms with van der Waals surface area (Å²) in [6.07, 6.45) is 9.91. The number of thiocarbonyl (C=S) groups is 1. The van der Waals surface area contributed by atoms with Gasteiger partial charge in [-0.3, -0.25) is 18.9 Å². The first-order chi connectivity index (χ1) is 15.0. The number of amides is 1. The van der Waals surface area contributed by atoms with Crippen LogP contribution in [-0.4, -0.2) is 37.6 Å². The number of carbonyl (C=O) groups excluding carboxylic acids is 1. The number of hydrogen-bond donors (Lipinski definition) is 1. The van der Waals surface area contributed by atoms with Crippen molar-refractivity contribution in [3.05, 3.63) is 44.7 Å². The van der Waals surface area contributed by atoms with Gasteiger partial charge in [0.25, 0.3) is 11.5 Å². The zero-order chi connectivity index (χ0) is 22.4. The molecule has 2 aromatic heterocycles. The zero-order valence-electron chi connectivity index (χ0n) is 18.4. The molecule has 0 saturated carbocycles. The average molecular weight is 459 g/mol. The van der Waals surface area contributed by atoms with Gasteiger partial charge < -0.3 is 5.32 Å². The molecule has 1 fully saturated rings. The van der Waals surface area contributed by atoms with E-state index < -0.39 is 0 Å². The smallest absolute Gasteiger partial charge is 0.267 e. The Hall–Kier alpha value is -2.19. The van der Waals surface area contributed by atoms with Crippen molar-refractivity contribution in [1.82, 2.24) is 14.3 Å². The van der Waals surface area contributed by atoms with Crippen LogP contribution in [0.2, 0.25) is 0 Å². The number of anilines is 1. The summed E-state index contributed by atoms with van der Waals surface area (Å²) in [5.74, 6) is 0.376. The molecule has 1 aliphatic rings. The van der Waals surface area contributed by atoms with E-state index in [0.717, 1.165) is 24.8 Å². The van der Waals surface area contributed by atoms with Crippen molar-refractivity contribution in [2.75, 3.05) is 18.4 Å². The Morgan fingerprint density at radius 2 is 1.90 bits per heavy atom. The van der Waals surface area contributed by atoms with E-state index in [1.54, 1.807) is 17.2 Å². The molecule has 3 heterocycles. The summed E-state index contributed by atoms with van der Waals surface area (Å²) in [5.41, 5.74) is 1.73. The van der Waals surface area contributed by atoms with Gasteiger partial charge in [-0.2, -0.15) is 0 Å². The van der Waals surface area contributed by atoms with E-state index >= 15 is 0 Å². The summed E-state index contributed by atoms with van der Waals surface area (Å²) in [6, 6.07) is 3.76. The van der Waals surface area contributed by atoms with E-state index in [0.29, 0.717) is 39.3 Å². The van der Waals surface area contributed by atoms with Crippen LogP contribution in [0.4, 0.5) is 5.82 Å². The van der Waals surface area contributed by atoms with Gasteiger partial charge in [-0.15, -0.1) is 0 Å². The maximum absolute atomic E-state index is 13.3. The summed E-state index contributed by atoms with van der Waals surface area (Å²) >= 11 is 6.71. The van der Waals surface area contributed by atoms with E-state index in [2.05, 4.69) is 24.1 Å². The summed E-state index contributed by atoms with van der Waals surface area (Å²) in [7, 11) is 0. The number of nitrogens with zero attached hydrogens (tertiary/aromatic N) is 3. The minimum Gasteiger partial charge on any atom is -0.369 e. The fraction of sp³-hybridized carbons (Fsp3) is 0.478. The third-order valence-electron chi connectivity index (χ3n) is 5.18. The summed E-state index contributed by atoms with van der Waals surface area (Å²) < 4.78 is 2.09. The van der Waals surface area contributed by atoms with Gasteiger partial charge in [0.1, 0.15) is 15.8 Å². The van der Waals surface area contributed by atoms with Crippen LogP contribution in [0.1, 0.15) is 63.5 Å². The number of nitrogens with one attached hydrogen (secondary N) is 1. The molecule has 6 nitrogen and oxygen atoms in total. The molecule has 0 bridgehead atoms. The van der Waals surface area contributed by atoms with E-state index in [4.69, 9.17) is 12.2 Å². The van der Waals surface area contributed by atoms with Crippen LogP contribution < -0.4 is 10.9 Å². The molecular formula is C23H30N4O2S2. The highest BCUT2D eigenvalue weighted by Gasteiger charge is 2.32. The van der Waals surface area contributed by atoms with Crippen LogP contribution in [0.25, 0.3) is 11.7 Å². The Balaban J connectivity index is 1.91. The molecular weight excluding hydrogens is 428 g/mol. The monoisotopic (exact) mass is 458 g/mol. The first-order valence-corrected chi connectivity index (χ1v) is 12.2. The fourth-order valence-corrected chi connectivity index (χ4v) is 4.75. The quantitative estimate of drug-likeness (QED) is 0.307. The van der Waals surface area contributed by atoms with Gasteiger partial charge in [-0.25, -0.2) is 4.98 Å². The molecule has 3 rings (SSSR count). The number of rotatable bonds is 10. The number of fused-ring (bicyclic) bond motifs is 1. The maximum Gasteiger partial charge on any atom is 0.267 e. The Morgan fingerprint density at radius 3 is 2.65 bits per heavy atom. The second kappa shape index (κ2) is 10.9. The largest absolute Gasteiger partial charge is 0.369 e. The molecule has 1 amide bonds. The van der Waals surface area contributed by atoms with Crippen LogP contribution in [-0.2, 0) is 4.79 Å². The van der Waals surface area contributed by atoms with Crippen LogP contribution in [0.5, 0.6) is 0 Å². The highest BCUT2D eigenvalue weighted by Crippen LogP contribution is 2.33. The van der Waals surface area contributed by atoms with Gasteiger partial charge in [0.2, 0.25) is 0 Å². The molecule has 0 unspecified atom stereocenters. The number of pyridine rings is 1. The zero-order valence-corrected chi connectivity index (χ0v) is 20.1. The predicted molar refractivity (Wildman–Crippen MR) is 134 cm³/mol. The standard InChI is InChI=1S/C23H30N4O2S2/c1-4-6-7-8-9-13-26-22(29)18(31-23(26)30)14-17-20(24-12-5-2)25-19-11-10-16(3)15-27(19)21(17)28/h10-11,14-15,24H,4-9,12-13H2,1-3H3/b18-14+. The number of aryl methyl sites for hydroxylation is 1. The normalized spacial score (nSPS) is 15.5. The molecule has 1 saturated heterocycles. The maximum atomic E-state index is 13.3. The predicted octanol–water partition coefficient (Wildman–Crippen LogP) is 5.00. The number of thioether (sulfide) groups is 1. The molecule has 2 aromatic rings. The van der Waals surface area contributed by atoms with Crippen molar-refractivity contribution in [3.63, 3.8) is 0 Å². The first kappa shape index (κ1) is 23.5. The molecule has 0 aromatic carbocycles. The summed E-state index contributed by atoms with van der Waals surface area (Å²) in [5, 5.41) is 3.24. The molecule has 0 radical (unpaired) electrons. The van der Waals surface area contributed by atoms with Crippen LogP contribution >= 0.6 is 24.0 Å². The van der Waals surface area contributed by atoms with Crippen LogP contribution in [0.3, 0.4) is 0 Å². The molecule has 0 aliphatic carbocycles. The van der Waals surface area contributed by atoms with Crippen LogP contribution in [0, 0.1) is 6.92 Å². The summed E-state index contributed by atoms with van der Waals surface area (Å²) in [4.78, 5) is 33.0. The van der Waals surface area contributed by atoms with Crippen molar-refractivity contribution in [2.24, 2.45) is 0 Å². The Bertz CT molecular complexity index is 1060. The number of unbranched alkanes of at least 4 members (excludes halogenated alkanes) is 4. The fourth-order valence-electron chi connectivity index (χ4n) is 3.46. The molecule has 166 valence electrons. The van der Waals surface area contributed by atoms with Gasteiger partial charge in [-0.05, 0) is 37.5 Å². The van der Waals surface area contributed by atoms with Gasteiger partial charge in [0, 0.05) is 19.3 Å². The lowest BCUT2D eigenvalue weighted by atomic mass is 10.1. The topological polar surface area (TPSA) is 66.7 Å². The minimum atomic E-state index is -0.197. The van der Waals surface area contributed by atoms with E-state index in [1.165, 1.54) is 35.4 Å². The highest BCUT2D eigenvalue weighted by molar-refractivity contribution is 8.26. The summed E-state index contributed by atoms with van der Waals surface area (Å²) in [6.45, 7) is 7.48. The number of carbonyl (C=O) groups is 1. The molecule has 1 N–H and O–H groups in total. The van der Waals surface area contributed by atoms with Crippen molar-refractivity contribution < 1.29 is 4.79 Å². The van der Waals surface area contributed by atoms with E-state index in [9.17, 15) is 9.59 Å². The number of aromatic nitrogens is 2. The van der Waals surface area contributed by atoms with Crippen LogP contribution in [0.15, 0.2) is 28.0 Å².